The summed E-state index contributed by atoms with van der Waals surface area (Å²) in [5.74, 6) is 0.0270. The fraction of sp³-hybridized carbons (Fsp3) is 0.250. The van der Waals surface area contributed by atoms with E-state index in [9.17, 15) is 4.79 Å². The van der Waals surface area contributed by atoms with Crippen molar-refractivity contribution in [2.24, 2.45) is 0 Å². The van der Waals surface area contributed by atoms with Crippen molar-refractivity contribution in [2.45, 2.75) is 12.8 Å². The van der Waals surface area contributed by atoms with Crippen molar-refractivity contribution in [2.75, 3.05) is 18.4 Å². The maximum absolute atomic E-state index is 12.3. The van der Waals surface area contributed by atoms with Gasteiger partial charge in [-0.05, 0) is 37.1 Å². The van der Waals surface area contributed by atoms with Crippen molar-refractivity contribution in [3.63, 3.8) is 0 Å². The number of carbonyl (C=O) groups is 1. The van der Waals surface area contributed by atoms with E-state index in [2.05, 4.69) is 10.3 Å². The largest absolute Gasteiger partial charge is 0.355 e. The Balaban J connectivity index is 1.77. The smallest absolute Gasteiger partial charge is 0.272 e. The zero-order valence-electron chi connectivity index (χ0n) is 11.2. The summed E-state index contributed by atoms with van der Waals surface area (Å²) in [5, 5.41) is 3.28. The van der Waals surface area contributed by atoms with E-state index in [0.717, 1.165) is 37.3 Å². The molecule has 2 heterocycles. The van der Waals surface area contributed by atoms with Gasteiger partial charge in [-0.2, -0.15) is 0 Å². The lowest BCUT2D eigenvalue weighted by atomic mass is 10.2. The molecule has 0 bridgehead atoms. The first kappa shape index (κ1) is 12.7. The molecule has 3 rings (SSSR count). The van der Waals surface area contributed by atoms with E-state index in [-0.39, 0.29) is 5.91 Å². The minimum absolute atomic E-state index is 0.0270. The summed E-state index contributed by atoms with van der Waals surface area (Å²) in [6, 6.07) is 13.6. The summed E-state index contributed by atoms with van der Waals surface area (Å²) in [7, 11) is 0. The lowest BCUT2D eigenvalue weighted by Crippen LogP contribution is -2.28. The molecular weight excluding hydrogens is 250 g/mol. The predicted octanol–water partition coefficient (Wildman–Crippen LogP) is 3.06. The van der Waals surface area contributed by atoms with Crippen LogP contribution >= 0.6 is 0 Å². The standard InChI is InChI=1S/C16H17N3O/c20-16(19-10-4-5-11-19)15-12-14(8-9-17-15)18-13-6-2-1-3-7-13/h1-3,6-9,12H,4-5,10-11H2,(H,17,18). The molecule has 0 aliphatic carbocycles. The van der Waals surface area contributed by atoms with Gasteiger partial charge in [-0.3, -0.25) is 9.78 Å². The number of rotatable bonds is 3. The normalized spacial score (nSPS) is 14.3. The van der Waals surface area contributed by atoms with Gasteiger partial charge in [0.2, 0.25) is 0 Å². The molecule has 1 aliphatic rings. The van der Waals surface area contributed by atoms with Gasteiger partial charge in [0.1, 0.15) is 5.69 Å². The van der Waals surface area contributed by atoms with Crippen LogP contribution in [0.4, 0.5) is 11.4 Å². The number of amides is 1. The minimum atomic E-state index is 0.0270. The summed E-state index contributed by atoms with van der Waals surface area (Å²) >= 11 is 0. The van der Waals surface area contributed by atoms with Gasteiger partial charge in [0.05, 0.1) is 0 Å². The van der Waals surface area contributed by atoms with E-state index in [4.69, 9.17) is 0 Å². The van der Waals surface area contributed by atoms with Gasteiger partial charge in [0, 0.05) is 30.7 Å². The number of nitrogens with zero attached hydrogens (tertiary/aromatic N) is 2. The van der Waals surface area contributed by atoms with Crippen LogP contribution in [-0.2, 0) is 0 Å². The van der Waals surface area contributed by atoms with Gasteiger partial charge >= 0.3 is 0 Å². The Kier molecular flexibility index (Phi) is 3.63. The van der Waals surface area contributed by atoms with Crippen LogP contribution in [0.5, 0.6) is 0 Å². The van der Waals surface area contributed by atoms with E-state index >= 15 is 0 Å². The monoisotopic (exact) mass is 267 g/mol. The fourth-order valence-electron chi connectivity index (χ4n) is 2.40. The van der Waals surface area contributed by atoms with Crippen LogP contribution in [0.2, 0.25) is 0 Å². The Hall–Kier alpha value is -2.36. The van der Waals surface area contributed by atoms with Gasteiger partial charge in [-0.15, -0.1) is 0 Å². The molecule has 1 fully saturated rings. The van der Waals surface area contributed by atoms with Crippen LogP contribution in [0.1, 0.15) is 23.3 Å². The van der Waals surface area contributed by atoms with E-state index < -0.39 is 0 Å². The zero-order chi connectivity index (χ0) is 13.8. The molecule has 0 atom stereocenters. The molecule has 1 N–H and O–H groups in total. The highest BCUT2D eigenvalue weighted by Gasteiger charge is 2.20. The summed E-state index contributed by atoms with van der Waals surface area (Å²) in [6.07, 6.45) is 3.86. The number of likely N-dealkylation sites (tertiary alicyclic amines) is 1. The zero-order valence-corrected chi connectivity index (χ0v) is 11.2. The summed E-state index contributed by atoms with van der Waals surface area (Å²) < 4.78 is 0. The number of benzene rings is 1. The predicted molar refractivity (Wildman–Crippen MR) is 79.1 cm³/mol. The molecule has 0 unspecified atom stereocenters. The van der Waals surface area contributed by atoms with Gasteiger partial charge in [-0.1, -0.05) is 18.2 Å². The van der Waals surface area contributed by atoms with Crippen molar-refractivity contribution >= 4 is 17.3 Å². The fourth-order valence-corrected chi connectivity index (χ4v) is 2.40. The first-order chi connectivity index (χ1) is 9.83. The van der Waals surface area contributed by atoms with E-state index in [1.807, 2.05) is 47.4 Å². The molecule has 1 aliphatic heterocycles. The second-order valence-corrected chi connectivity index (χ2v) is 4.92. The van der Waals surface area contributed by atoms with E-state index in [1.54, 1.807) is 6.20 Å². The van der Waals surface area contributed by atoms with Crippen LogP contribution < -0.4 is 5.32 Å². The Morgan fingerprint density at radius 3 is 2.55 bits per heavy atom. The molecule has 4 heteroatoms. The molecule has 0 radical (unpaired) electrons. The number of pyridine rings is 1. The Bertz CT molecular complexity index is 592. The van der Waals surface area contributed by atoms with Crippen molar-refractivity contribution in [3.8, 4) is 0 Å². The molecule has 4 nitrogen and oxygen atoms in total. The lowest BCUT2D eigenvalue weighted by Gasteiger charge is -2.15. The minimum Gasteiger partial charge on any atom is -0.355 e. The van der Waals surface area contributed by atoms with Crippen LogP contribution in [0.25, 0.3) is 0 Å². The van der Waals surface area contributed by atoms with E-state index in [1.165, 1.54) is 0 Å². The Labute approximate surface area is 118 Å². The second kappa shape index (κ2) is 5.74. The number of aromatic nitrogens is 1. The van der Waals surface area contributed by atoms with Crippen molar-refractivity contribution < 1.29 is 4.79 Å². The summed E-state index contributed by atoms with van der Waals surface area (Å²) in [5.41, 5.74) is 2.39. The Morgan fingerprint density at radius 2 is 1.80 bits per heavy atom. The highest BCUT2D eigenvalue weighted by Crippen LogP contribution is 2.18. The molecular formula is C16H17N3O. The molecule has 1 aromatic heterocycles. The lowest BCUT2D eigenvalue weighted by molar-refractivity contribution is 0.0787. The average molecular weight is 267 g/mol. The molecule has 1 amide bonds. The van der Waals surface area contributed by atoms with Crippen molar-refractivity contribution in [1.82, 2.24) is 9.88 Å². The number of nitrogens with one attached hydrogen (secondary N) is 1. The summed E-state index contributed by atoms with van der Waals surface area (Å²) in [4.78, 5) is 18.4. The van der Waals surface area contributed by atoms with Gasteiger partial charge in [0.25, 0.3) is 5.91 Å². The van der Waals surface area contributed by atoms with Crippen LogP contribution in [0, 0.1) is 0 Å². The molecule has 1 saturated heterocycles. The van der Waals surface area contributed by atoms with E-state index in [0.29, 0.717) is 5.69 Å². The van der Waals surface area contributed by atoms with Crippen molar-refractivity contribution in [1.29, 1.82) is 0 Å². The third-order valence-corrected chi connectivity index (χ3v) is 3.43. The van der Waals surface area contributed by atoms with Crippen LogP contribution in [0.3, 0.4) is 0 Å². The number of para-hydroxylation sites is 1. The number of anilines is 2. The average Bonchev–Trinajstić information content (AvgIpc) is 3.02. The third-order valence-electron chi connectivity index (χ3n) is 3.43. The first-order valence-electron chi connectivity index (χ1n) is 6.90. The third kappa shape index (κ3) is 2.79. The van der Waals surface area contributed by atoms with Crippen molar-refractivity contribution in [3.05, 3.63) is 54.4 Å². The Morgan fingerprint density at radius 1 is 1.05 bits per heavy atom. The number of hydrogen-bond donors (Lipinski definition) is 1. The molecule has 2 aromatic rings. The molecule has 0 spiro atoms. The highest BCUT2D eigenvalue weighted by atomic mass is 16.2. The molecule has 102 valence electrons. The topological polar surface area (TPSA) is 45.2 Å². The van der Waals surface area contributed by atoms with Crippen LogP contribution in [-0.4, -0.2) is 28.9 Å². The molecule has 1 aromatic carbocycles. The van der Waals surface area contributed by atoms with Crippen LogP contribution in [0.15, 0.2) is 48.7 Å². The first-order valence-corrected chi connectivity index (χ1v) is 6.90. The maximum atomic E-state index is 12.3. The number of carbonyl (C=O) groups excluding carboxylic acids is 1. The number of hydrogen-bond acceptors (Lipinski definition) is 3. The quantitative estimate of drug-likeness (QED) is 0.929. The van der Waals surface area contributed by atoms with Gasteiger partial charge in [-0.25, -0.2) is 0 Å². The maximum Gasteiger partial charge on any atom is 0.272 e. The SMILES string of the molecule is O=C(c1cc(Nc2ccccc2)ccn1)N1CCCC1. The van der Waals surface area contributed by atoms with Gasteiger partial charge < -0.3 is 10.2 Å². The van der Waals surface area contributed by atoms with Gasteiger partial charge in [0.15, 0.2) is 0 Å². The second-order valence-electron chi connectivity index (χ2n) is 4.92. The summed E-state index contributed by atoms with van der Waals surface area (Å²) in [6.45, 7) is 1.69. The molecule has 20 heavy (non-hydrogen) atoms. The highest BCUT2D eigenvalue weighted by molar-refractivity contribution is 5.93. The molecule has 0 saturated carbocycles.